The minimum Gasteiger partial charge on any atom is -0.506 e. The molecule has 4 heterocycles. The van der Waals surface area contributed by atoms with Crippen molar-refractivity contribution in [2.75, 3.05) is 11.9 Å². The fourth-order valence-electron chi connectivity index (χ4n) is 4.51. The van der Waals surface area contributed by atoms with E-state index >= 15 is 0 Å². The van der Waals surface area contributed by atoms with E-state index in [1.807, 2.05) is 7.05 Å². The number of hydrogen-bond acceptors (Lipinski definition) is 8. The second-order valence-corrected chi connectivity index (χ2v) is 9.40. The van der Waals surface area contributed by atoms with Crippen LogP contribution in [0.25, 0.3) is 22.5 Å². The van der Waals surface area contributed by atoms with E-state index in [4.69, 9.17) is 0 Å². The lowest BCUT2D eigenvalue weighted by Crippen LogP contribution is -2.62. The van der Waals surface area contributed by atoms with Gasteiger partial charge in [0.2, 0.25) is 11.9 Å². The number of hydrogen-bond donors (Lipinski definition) is 3. The predicted octanol–water partition coefficient (Wildman–Crippen LogP) is 2.91. The van der Waals surface area contributed by atoms with Gasteiger partial charge in [0, 0.05) is 35.9 Å². The number of H-pyrrole nitrogens is 1. The number of pyridine rings is 1. The van der Waals surface area contributed by atoms with E-state index in [1.165, 1.54) is 24.7 Å². The Morgan fingerprint density at radius 3 is 2.32 bits per heavy atom. The molecule has 1 aliphatic heterocycles. The summed E-state index contributed by atoms with van der Waals surface area (Å²) in [6, 6.07) is 1.67. The molecule has 1 fully saturated rings. The third-order valence-corrected chi connectivity index (χ3v) is 5.60. The molecule has 0 spiro atoms. The van der Waals surface area contributed by atoms with E-state index in [1.54, 1.807) is 0 Å². The van der Waals surface area contributed by atoms with Crippen LogP contribution in [-0.2, 0) is 0 Å². The van der Waals surface area contributed by atoms with Crippen molar-refractivity contribution in [3.63, 3.8) is 0 Å². The first-order chi connectivity index (χ1) is 14.5. The second kappa shape index (κ2) is 7.52. The Morgan fingerprint density at radius 1 is 1.06 bits per heavy atom. The van der Waals surface area contributed by atoms with Gasteiger partial charge in [0.1, 0.15) is 17.1 Å². The van der Waals surface area contributed by atoms with Gasteiger partial charge in [-0.15, -0.1) is 10.2 Å². The van der Waals surface area contributed by atoms with Crippen molar-refractivity contribution in [2.45, 2.75) is 57.7 Å². The quantitative estimate of drug-likeness (QED) is 0.583. The molecule has 0 aromatic carbocycles. The van der Waals surface area contributed by atoms with Crippen LogP contribution < -0.4 is 10.2 Å². The number of aromatic hydroxyl groups is 1. The van der Waals surface area contributed by atoms with Crippen molar-refractivity contribution >= 4 is 5.95 Å². The fraction of sp³-hybridized carbons (Fsp3) is 0.476. The molecule has 31 heavy (non-hydrogen) atoms. The highest BCUT2D eigenvalue weighted by atomic mass is 19.1. The van der Waals surface area contributed by atoms with Gasteiger partial charge in [0.05, 0.1) is 18.0 Å². The van der Waals surface area contributed by atoms with Crippen molar-refractivity contribution < 1.29 is 9.50 Å². The first-order valence-electron chi connectivity index (χ1n) is 10.2. The Labute approximate surface area is 180 Å². The first kappa shape index (κ1) is 21.1. The smallest absolute Gasteiger partial charge is 0.245 e. The Hall–Kier alpha value is -3.14. The number of aromatic nitrogens is 6. The summed E-state index contributed by atoms with van der Waals surface area (Å²) >= 11 is 0. The fourth-order valence-corrected chi connectivity index (χ4v) is 4.51. The summed E-state index contributed by atoms with van der Waals surface area (Å²) in [5, 5.41) is 28.4. The van der Waals surface area contributed by atoms with Crippen LogP contribution in [0.3, 0.4) is 0 Å². The molecule has 0 saturated carbocycles. The third-order valence-electron chi connectivity index (χ3n) is 5.60. The molecule has 164 valence electrons. The summed E-state index contributed by atoms with van der Waals surface area (Å²) in [5.41, 5.74) is 1.19. The maximum atomic E-state index is 13.7. The van der Waals surface area contributed by atoms with Gasteiger partial charge in [-0.1, -0.05) is 0 Å². The van der Waals surface area contributed by atoms with E-state index in [9.17, 15) is 9.50 Å². The lowest BCUT2D eigenvalue weighted by molar-refractivity contribution is 0.160. The monoisotopic (exact) mass is 426 g/mol. The van der Waals surface area contributed by atoms with Crippen LogP contribution >= 0.6 is 0 Å². The number of aromatic amines is 1. The summed E-state index contributed by atoms with van der Waals surface area (Å²) in [7, 11) is 1.98. The SMILES string of the molecule is CN(c1ncc(-c2ncc(-c3cn[nH]c3F)cc2O)nn1)C1CC(C)(C)NC(C)(C)C1. The van der Waals surface area contributed by atoms with Gasteiger partial charge in [-0.05, 0) is 46.6 Å². The zero-order valence-corrected chi connectivity index (χ0v) is 18.3. The molecule has 0 bridgehead atoms. The van der Waals surface area contributed by atoms with E-state index in [2.05, 4.69) is 68.3 Å². The second-order valence-electron chi connectivity index (χ2n) is 9.40. The number of nitrogens with zero attached hydrogens (tertiary/aromatic N) is 6. The Balaban J connectivity index is 1.55. The molecule has 4 rings (SSSR count). The lowest BCUT2D eigenvalue weighted by Gasteiger charge is -2.48. The van der Waals surface area contributed by atoms with Crippen molar-refractivity contribution in [1.82, 2.24) is 35.7 Å². The van der Waals surface area contributed by atoms with Gasteiger partial charge in [0.25, 0.3) is 0 Å². The number of rotatable bonds is 4. The van der Waals surface area contributed by atoms with Crippen LogP contribution in [0.5, 0.6) is 5.75 Å². The van der Waals surface area contributed by atoms with Gasteiger partial charge in [-0.3, -0.25) is 5.10 Å². The molecule has 0 unspecified atom stereocenters. The number of nitrogens with one attached hydrogen (secondary N) is 2. The molecule has 10 heteroatoms. The van der Waals surface area contributed by atoms with Gasteiger partial charge in [-0.2, -0.15) is 9.49 Å². The highest BCUT2D eigenvalue weighted by Gasteiger charge is 2.39. The summed E-state index contributed by atoms with van der Waals surface area (Å²) in [5.74, 6) is -0.219. The zero-order valence-electron chi connectivity index (χ0n) is 18.3. The van der Waals surface area contributed by atoms with Crippen LogP contribution in [0.4, 0.5) is 10.3 Å². The van der Waals surface area contributed by atoms with Crippen molar-refractivity contribution in [3.05, 3.63) is 30.6 Å². The Bertz CT molecular complexity index is 1060. The van der Waals surface area contributed by atoms with E-state index < -0.39 is 5.95 Å². The number of piperidine rings is 1. The summed E-state index contributed by atoms with van der Waals surface area (Å²) < 4.78 is 13.7. The molecule has 0 amide bonds. The minimum atomic E-state index is -0.591. The molecular weight excluding hydrogens is 399 g/mol. The lowest BCUT2D eigenvalue weighted by atomic mass is 9.79. The number of halogens is 1. The van der Waals surface area contributed by atoms with Crippen LogP contribution in [0.2, 0.25) is 0 Å². The maximum absolute atomic E-state index is 13.7. The molecular formula is C21H27FN8O. The van der Waals surface area contributed by atoms with Crippen LogP contribution in [-0.4, -0.2) is 59.6 Å². The van der Waals surface area contributed by atoms with Gasteiger partial charge in [0.15, 0.2) is 0 Å². The van der Waals surface area contributed by atoms with Gasteiger partial charge >= 0.3 is 0 Å². The largest absolute Gasteiger partial charge is 0.506 e. The molecule has 3 aromatic heterocycles. The van der Waals surface area contributed by atoms with E-state index in [0.717, 1.165) is 12.8 Å². The molecule has 3 N–H and O–H groups in total. The van der Waals surface area contributed by atoms with Crippen molar-refractivity contribution in [3.8, 4) is 28.3 Å². The molecule has 1 saturated heterocycles. The predicted molar refractivity (Wildman–Crippen MR) is 115 cm³/mol. The molecule has 0 radical (unpaired) electrons. The highest BCUT2D eigenvalue weighted by Crippen LogP contribution is 2.33. The Morgan fingerprint density at radius 2 is 1.77 bits per heavy atom. The molecule has 9 nitrogen and oxygen atoms in total. The summed E-state index contributed by atoms with van der Waals surface area (Å²) in [6.07, 6.45) is 6.22. The van der Waals surface area contributed by atoms with Gasteiger partial charge < -0.3 is 15.3 Å². The van der Waals surface area contributed by atoms with Gasteiger partial charge in [-0.25, -0.2) is 9.97 Å². The topological polar surface area (TPSA) is 116 Å². The molecule has 0 aliphatic carbocycles. The van der Waals surface area contributed by atoms with Crippen LogP contribution in [0, 0.1) is 5.95 Å². The third kappa shape index (κ3) is 4.34. The Kier molecular flexibility index (Phi) is 5.12. The highest BCUT2D eigenvalue weighted by molar-refractivity contribution is 5.69. The standard InChI is InChI=1S/C21H27FN8O/c1-20(2)7-13(8-21(3,4)29-20)30(5)19-24-11-15(26-28-19)17-16(31)6-12(9-23-17)14-10-25-27-18(14)22/h6,9-11,13,29,31H,7-8H2,1-5H3,(H,25,27). The first-order valence-corrected chi connectivity index (χ1v) is 10.2. The normalized spacial score (nSPS) is 18.1. The maximum Gasteiger partial charge on any atom is 0.245 e. The minimum absolute atomic E-state index is 0.0000373. The molecule has 3 aromatic rings. The zero-order chi connectivity index (χ0) is 22.4. The van der Waals surface area contributed by atoms with Crippen LogP contribution in [0.1, 0.15) is 40.5 Å². The van der Waals surface area contributed by atoms with Crippen molar-refractivity contribution in [2.24, 2.45) is 0 Å². The van der Waals surface area contributed by atoms with E-state index in [-0.39, 0.29) is 34.1 Å². The summed E-state index contributed by atoms with van der Waals surface area (Å²) in [6.45, 7) is 8.80. The molecule has 1 aliphatic rings. The number of anilines is 1. The summed E-state index contributed by atoms with van der Waals surface area (Å²) in [4.78, 5) is 10.7. The molecule has 0 atom stereocenters. The van der Waals surface area contributed by atoms with Crippen molar-refractivity contribution in [1.29, 1.82) is 0 Å². The van der Waals surface area contributed by atoms with Crippen LogP contribution in [0.15, 0.2) is 24.7 Å². The average Bonchev–Trinajstić information content (AvgIpc) is 3.11. The average molecular weight is 427 g/mol. The van der Waals surface area contributed by atoms with E-state index in [0.29, 0.717) is 17.2 Å².